The molecule has 2 aromatic carbocycles. The van der Waals surface area contributed by atoms with Gasteiger partial charge in [0, 0.05) is 12.5 Å². The summed E-state index contributed by atoms with van der Waals surface area (Å²) in [5.74, 6) is -0.352. The molecule has 1 aliphatic carbocycles. The first-order chi connectivity index (χ1) is 15.2. The minimum absolute atomic E-state index is 0.0360. The molecule has 0 saturated heterocycles. The summed E-state index contributed by atoms with van der Waals surface area (Å²) in [5.41, 5.74) is 2.14. The highest BCUT2D eigenvalue weighted by molar-refractivity contribution is 5.87. The lowest BCUT2D eigenvalue weighted by atomic mass is 9.54. The summed E-state index contributed by atoms with van der Waals surface area (Å²) < 4.78 is 85.0. The number of rotatable bonds is 6. The third kappa shape index (κ3) is 5.16. The summed E-state index contributed by atoms with van der Waals surface area (Å²) in [7, 11) is 1.46. The molecule has 1 unspecified atom stereocenters. The quantitative estimate of drug-likeness (QED) is 0.581. The van der Waals surface area contributed by atoms with E-state index in [9.17, 15) is 31.1 Å². The van der Waals surface area contributed by atoms with Crippen LogP contribution in [0.5, 0.6) is 0 Å². The Labute approximate surface area is 187 Å². The number of ether oxygens (including phenoxy) is 1. The van der Waals surface area contributed by atoms with E-state index in [1.807, 2.05) is 12.1 Å². The highest BCUT2D eigenvalue weighted by Gasteiger charge is 2.57. The molecule has 0 aromatic heterocycles. The molecule has 3 rings (SSSR count). The maximum atomic E-state index is 13.2. The average Bonchev–Trinajstić information content (AvgIpc) is 2.74. The van der Waals surface area contributed by atoms with Gasteiger partial charge in [0.1, 0.15) is 0 Å². The number of hydrogen-bond donors (Lipinski definition) is 2. The maximum absolute atomic E-state index is 13.2. The van der Waals surface area contributed by atoms with Crippen LogP contribution in [0.2, 0.25) is 0 Å². The molecular weight excluding hydrogens is 450 g/mol. The standard InChI is InChI=1S/C23H24F6N2O2/c1-14(15-8-17(22(24,25)26)10-18(9-15)23(27,28)29)33-13-20(16-6-4-3-5-7-16)11-21(30,12-20)19(32)31-2/h3-10,14H,11-13,30H2,1-2H3,(H,31,32). The van der Waals surface area contributed by atoms with Crippen molar-refractivity contribution < 1.29 is 35.9 Å². The fourth-order valence-electron chi connectivity index (χ4n) is 4.34. The van der Waals surface area contributed by atoms with Gasteiger partial charge >= 0.3 is 12.4 Å². The molecule has 1 aliphatic rings. The fourth-order valence-corrected chi connectivity index (χ4v) is 4.34. The molecule has 0 aliphatic heterocycles. The van der Waals surface area contributed by atoms with Gasteiger partial charge in [0.05, 0.1) is 29.4 Å². The summed E-state index contributed by atoms with van der Waals surface area (Å²) in [6.07, 6.45) is -10.5. The SMILES string of the molecule is CNC(=O)C1(N)CC(COC(C)c2cc(C(F)(F)F)cc(C(F)(F)F)c2)(c2ccccc2)C1. The van der Waals surface area contributed by atoms with Gasteiger partial charge in [-0.1, -0.05) is 30.3 Å². The first kappa shape index (κ1) is 25.0. The van der Waals surface area contributed by atoms with E-state index in [1.54, 1.807) is 18.2 Å². The van der Waals surface area contributed by atoms with Gasteiger partial charge in [-0.15, -0.1) is 0 Å². The second-order valence-corrected chi connectivity index (χ2v) is 8.53. The second kappa shape index (κ2) is 8.64. The maximum Gasteiger partial charge on any atom is 0.416 e. The monoisotopic (exact) mass is 474 g/mol. The fraction of sp³-hybridized carbons (Fsp3) is 0.435. The number of nitrogens with two attached hydrogens (primary N) is 1. The normalized spacial score (nSPS) is 24.2. The molecule has 0 bridgehead atoms. The Morgan fingerprint density at radius 3 is 2.00 bits per heavy atom. The lowest BCUT2D eigenvalue weighted by molar-refractivity contribution is -0.143. The number of benzene rings is 2. The Bertz CT molecular complexity index is 966. The highest BCUT2D eigenvalue weighted by atomic mass is 19.4. The van der Waals surface area contributed by atoms with Crippen LogP contribution in [0.25, 0.3) is 0 Å². The van der Waals surface area contributed by atoms with Crippen molar-refractivity contribution in [3.63, 3.8) is 0 Å². The summed E-state index contributed by atoms with van der Waals surface area (Å²) in [6, 6.07) is 10.4. The lowest BCUT2D eigenvalue weighted by Crippen LogP contribution is -2.68. The van der Waals surface area contributed by atoms with Gasteiger partial charge in [-0.05, 0) is 49.1 Å². The largest absolute Gasteiger partial charge is 0.416 e. The molecule has 10 heteroatoms. The third-order valence-electron chi connectivity index (χ3n) is 6.06. The second-order valence-electron chi connectivity index (χ2n) is 8.53. The van der Waals surface area contributed by atoms with Crippen molar-refractivity contribution in [3.8, 4) is 0 Å². The van der Waals surface area contributed by atoms with Crippen LogP contribution in [0.15, 0.2) is 48.5 Å². The summed E-state index contributed by atoms with van der Waals surface area (Å²) in [5, 5.41) is 2.51. The van der Waals surface area contributed by atoms with Crippen LogP contribution in [-0.2, 0) is 27.3 Å². The molecule has 1 atom stereocenters. The molecule has 1 fully saturated rings. The van der Waals surface area contributed by atoms with E-state index >= 15 is 0 Å². The number of hydrogen-bond acceptors (Lipinski definition) is 3. The Morgan fingerprint density at radius 2 is 1.55 bits per heavy atom. The van der Waals surface area contributed by atoms with Crippen LogP contribution in [-0.4, -0.2) is 25.1 Å². The molecule has 0 radical (unpaired) electrons. The molecule has 33 heavy (non-hydrogen) atoms. The van der Waals surface area contributed by atoms with E-state index in [0.717, 1.165) is 5.56 Å². The van der Waals surface area contributed by atoms with Crippen LogP contribution >= 0.6 is 0 Å². The third-order valence-corrected chi connectivity index (χ3v) is 6.06. The average molecular weight is 474 g/mol. The van der Waals surface area contributed by atoms with E-state index in [-0.39, 0.29) is 37.0 Å². The van der Waals surface area contributed by atoms with E-state index in [1.165, 1.54) is 14.0 Å². The first-order valence-electron chi connectivity index (χ1n) is 10.2. The Hall–Kier alpha value is -2.59. The van der Waals surface area contributed by atoms with Crippen LogP contribution in [0.3, 0.4) is 0 Å². The first-order valence-corrected chi connectivity index (χ1v) is 10.2. The number of nitrogens with one attached hydrogen (secondary N) is 1. The number of likely N-dealkylation sites (N-methyl/N-ethyl adjacent to an activating group) is 1. The van der Waals surface area contributed by atoms with E-state index in [2.05, 4.69) is 5.32 Å². The summed E-state index contributed by atoms with van der Waals surface area (Å²) in [4.78, 5) is 12.2. The predicted molar refractivity (Wildman–Crippen MR) is 109 cm³/mol. The van der Waals surface area contributed by atoms with Gasteiger partial charge in [-0.2, -0.15) is 26.3 Å². The molecule has 1 amide bonds. The molecule has 4 nitrogen and oxygen atoms in total. The summed E-state index contributed by atoms with van der Waals surface area (Å²) >= 11 is 0. The van der Waals surface area contributed by atoms with Gasteiger partial charge in [-0.25, -0.2) is 0 Å². The van der Waals surface area contributed by atoms with Crippen molar-refractivity contribution in [2.24, 2.45) is 5.73 Å². The summed E-state index contributed by atoms with van der Waals surface area (Å²) in [6.45, 7) is 1.35. The van der Waals surface area contributed by atoms with Crippen LogP contribution in [0.4, 0.5) is 26.3 Å². The Kier molecular flexibility index (Phi) is 6.56. The number of amides is 1. The van der Waals surface area contributed by atoms with Crippen molar-refractivity contribution in [2.45, 2.75) is 49.2 Å². The van der Waals surface area contributed by atoms with Gasteiger partial charge < -0.3 is 15.8 Å². The van der Waals surface area contributed by atoms with Gasteiger partial charge in [-0.3, -0.25) is 4.79 Å². The zero-order chi connectivity index (χ0) is 24.7. The molecular formula is C23H24F6N2O2. The van der Waals surface area contributed by atoms with Crippen LogP contribution in [0.1, 0.15) is 48.1 Å². The zero-order valence-corrected chi connectivity index (χ0v) is 18.0. The Morgan fingerprint density at radius 1 is 1.03 bits per heavy atom. The number of alkyl halides is 6. The number of halogens is 6. The predicted octanol–water partition coefficient (Wildman–Crippen LogP) is 4.98. The van der Waals surface area contributed by atoms with Crippen molar-refractivity contribution in [3.05, 3.63) is 70.8 Å². The van der Waals surface area contributed by atoms with Gasteiger partial charge in [0.25, 0.3) is 0 Å². The van der Waals surface area contributed by atoms with E-state index < -0.39 is 40.5 Å². The zero-order valence-electron chi connectivity index (χ0n) is 18.0. The van der Waals surface area contributed by atoms with Crippen LogP contribution < -0.4 is 11.1 Å². The number of carbonyl (C=O) groups excluding carboxylic acids is 1. The van der Waals surface area contributed by atoms with Crippen molar-refractivity contribution >= 4 is 5.91 Å². The molecule has 180 valence electrons. The van der Waals surface area contributed by atoms with E-state index in [0.29, 0.717) is 12.1 Å². The smallest absolute Gasteiger partial charge is 0.373 e. The molecule has 0 heterocycles. The van der Waals surface area contributed by atoms with E-state index in [4.69, 9.17) is 10.5 Å². The Balaban J connectivity index is 1.87. The van der Waals surface area contributed by atoms with Gasteiger partial charge in [0.15, 0.2) is 0 Å². The molecule has 3 N–H and O–H groups in total. The minimum Gasteiger partial charge on any atom is -0.373 e. The highest BCUT2D eigenvalue weighted by Crippen LogP contribution is 2.50. The molecule has 0 spiro atoms. The van der Waals surface area contributed by atoms with Crippen molar-refractivity contribution in [1.82, 2.24) is 5.32 Å². The molecule has 2 aromatic rings. The van der Waals surface area contributed by atoms with Gasteiger partial charge in [0.2, 0.25) is 5.91 Å². The van der Waals surface area contributed by atoms with Crippen LogP contribution in [0, 0.1) is 0 Å². The topological polar surface area (TPSA) is 64.4 Å². The molecule has 1 saturated carbocycles. The van der Waals surface area contributed by atoms with Crippen molar-refractivity contribution in [1.29, 1.82) is 0 Å². The minimum atomic E-state index is -4.94. The number of carbonyl (C=O) groups is 1. The van der Waals surface area contributed by atoms with Crippen molar-refractivity contribution in [2.75, 3.05) is 13.7 Å². The lowest BCUT2D eigenvalue weighted by Gasteiger charge is -2.53.